The predicted octanol–water partition coefficient (Wildman–Crippen LogP) is 2.02. The van der Waals surface area contributed by atoms with Gasteiger partial charge < -0.3 is 0 Å². The minimum absolute atomic E-state index is 0.0227. The van der Waals surface area contributed by atoms with Gasteiger partial charge in [0, 0.05) is 6.20 Å². The Labute approximate surface area is 122 Å². The van der Waals surface area contributed by atoms with Crippen molar-refractivity contribution in [1.82, 2.24) is 4.98 Å². The lowest BCUT2D eigenvalue weighted by Gasteiger charge is -2.13. The topological polar surface area (TPSA) is 87.9 Å². The molecule has 0 N–H and O–H groups in total. The van der Waals surface area contributed by atoms with Gasteiger partial charge in [0.15, 0.2) is 9.84 Å². The van der Waals surface area contributed by atoms with Crippen molar-refractivity contribution in [2.75, 3.05) is 0 Å². The minimum Gasteiger partial charge on any atom is -0.291 e. The van der Waals surface area contributed by atoms with E-state index in [9.17, 15) is 13.2 Å². The molecule has 1 unspecified atom stereocenters. The molecular formula is C15H12N2O3S. The summed E-state index contributed by atoms with van der Waals surface area (Å²) in [6, 6.07) is 14.1. The smallest absolute Gasteiger partial charge is 0.200 e. The molecule has 1 aromatic carbocycles. The molecule has 0 aliphatic heterocycles. The largest absolute Gasteiger partial charge is 0.291 e. The van der Waals surface area contributed by atoms with E-state index < -0.39 is 27.3 Å². The van der Waals surface area contributed by atoms with Gasteiger partial charge in [-0.2, -0.15) is 5.26 Å². The van der Waals surface area contributed by atoms with Crippen LogP contribution >= 0.6 is 0 Å². The number of carbonyl (C=O) groups excluding carboxylic acids is 1. The number of nitrogens with zero attached hydrogens (tertiary/aromatic N) is 2. The van der Waals surface area contributed by atoms with Gasteiger partial charge in [-0.15, -0.1) is 0 Å². The summed E-state index contributed by atoms with van der Waals surface area (Å²) in [6.07, 6.45) is 0.998. The highest BCUT2D eigenvalue weighted by Crippen LogP contribution is 2.21. The van der Waals surface area contributed by atoms with Crippen LogP contribution in [0.15, 0.2) is 59.6 Å². The molecule has 5 nitrogen and oxygen atoms in total. The third kappa shape index (κ3) is 3.15. The first-order valence-electron chi connectivity index (χ1n) is 6.18. The van der Waals surface area contributed by atoms with Gasteiger partial charge in [-0.05, 0) is 24.3 Å². The van der Waals surface area contributed by atoms with Crippen LogP contribution in [0.2, 0.25) is 0 Å². The number of sulfone groups is 1. The van der Waals surface area contributed by atoms with E-state index in [0.717, 1.165) is 0 Å². The number of hydrogen-bond acceptors (Lipinski definition) is 5. The van der Waals surface area contributed by atoms with Crippen molar-refractivity contribution in [3.63, 3.8) is 0 Å². The van der Waals surface area contributed by atoms with Crippen LogP contribution < -0.4 is 0 Å². The van der Waals surface area contributed by atoms with Gasteiger partial charge in [0.2, 0.25) is 5.78 Å². The first-order chi connectivity index (χ1) is 10.1. The number of aromatic nitrogens is 1. The Bertz CT molecular complexity index is 766. The second-order valence-electron chi connectivity index (χ2n) is 4.29. The van der Waals surface area contributed by atoms with Gasteiger partial charge in [0.1, 0.15) is 10.9 Å². The Kier molecular flexibility index (Phi) is 4.45. The Morgan fingerprint density at radius 1 is 1.14 bits per heavy atom. The summed E-state index contributed by atoms with van der Waals surface area (Å²) in [5, 5.41) is 7.41. The van der Waals surface area contributed by atoms with Crippen molar-refractivity contribution in [3.05, 3.63) is 60.4 Å². The highest BCUT2D eigenvalue weighted by atomic mass is 32.2. The van der Waals surface area contributed by atoms with E-state index in [1.54, 1.807) is 36.4 Å². The molecule has 0 bridgehead atoms. The van der Waals surface area contributed by atoms with Crippen molar-refractivity contribution in [2.45, 2.75) is 16.6 Å². The highest BCUT2D eigenvalue weighted by Gasteiger charge is 2.34. The van der Waals surface area contributed by atoms with Crippen LogP contribution in [0.1, 0.15) is 16.9 Å². The molecule has 6 heteroatoms. The third-order valence-corrected chi connectivity index (χ3v) is 4.99. The van der Waals surface area contributed by atoms with E-state index in [1.807, 2.05) is 0 Å². The maximum atomic E-state index is 12.5. The molecule has 0 spiro atoms. The van der Waals surface area contributed by atoms with Crippen molar-refractivity contribution < 1.29 is 13.2 Å². The molecule has 1 aromatic heterocycles. The second-order valence-corrected chi connectivity index (χ2v) is 6.42. The first kappa shape index (κ1) is 14.9. The molecule has 0 amide bonds. The van der Waals surface area contributed by atoms with Crippen LogP contribution in [0, 0.1) is 11.3 Å². The summed E-state index contributed by atoms with van der Waals surface area (Å²) >= 11 is 0. The number of benzene rings is 1. The maximum absolute atomic E-state index is 12.5. The summed E-state index contributed by atoms with van der Waals surface area (Å²) in [7, 11) is -3.92. The minimum atomic E-state index is -3.92. The molecule has 0 aliphatic carbocycles. The molecule has 0 aliphatic rings. The first-order valence-corrected chi connectivity index (χ1v) is 7.73. The quantitative estimate of drug-likeness (QED) is 0.788. The average molecular weight is 300 g/mol. The van der Waals surface area contributed by atoms with Crippen molar-refractivity contribution >= 4 is 15.6 Å². The zero-order valence-electron chi connectivity index (χ0n) is 11.0. The van der Waals surface area contributed by atoms with Gasteiger partial charge in [0.25, 0.3) is 0 Å². The molecule has 0 saturated heterocycles. The molecule has 0 saturated carbocycles. The van der Waals surface area contributed by atoms with Crippen LogP contribution in [0.5, 0.6) is 0 Å². The molecule has 1 atom stereocenters. The Balaban J connectivity index is 2.45. The lowest BCUT2D eigenvalue weighted by molar-refractivity contribution is 0.0983. The highest BCUT2D eigenvalue weighted by molar-refractivity contribution is 7.92. The van der Waals surface area contributed by atoms with E-state index in [0.29, 0.717) is 0 Å². The van der Waals surface area contributed by atoms with E-state index in [1.165, 1.54) is 24.4 Å². The molecule has 0 fully saturated rings. The SMILES string of the molecule is N#CCC(C(=O)c1ccccn1)S(=O)(=O)c1ccccc1. The van der Waals surface area contributed by atoms with E-state index in [2.05, 4.69) is 4.98 Å². The summed E-state index contributed by atoms with van der Waals surface area (Å²) < 4.78 is 25.1. The standard InChI is InChI=1S/C15H12N2O3S/c16-10-9-14(15(18)13-8-4-5-11-17-13)21(19,20)12-6-2-1-3-7-12/h1-8,11,14H,9H2. The molecule has 106 valence electrons. The molecular weight excluding hydrogens is 288 g/mol. The summed E-state index contributed by atoms with van der Waals surface area (Å²) in [5.74, 6) is -0.666. The number of pyridine rings is 1. The van der Waals surface area contributed by atoms with Crippen LogP contribution in [0.4, 0.5) is 0 Å². The van der Waals surface area contributed by atoms with Gasteiger partial charge in [-0.3, -0.25) is 9.78 Å². The van der Waals surface area contributed by atoms with Crippen LogP contribution in [-0.4, -0.2) is 24.4 Å². The average Bonchev–Trinajstić information content (AvgIpc) is 2.53. The summed E-state index contributed by atoms with van der Waals surface area (Å²) in [6.45, 7) is 0. The third-order valence-electron chi connectivity index (χ3n) is 2.93. The van der Waals surface area contributed by atoms with Crippen molar-refractivity contribution in [3.8, 4) is 6.07 Å². The molecule has 2 aromatic rings. The lowest BCUT2D eigenvalue weighted by atomic mass is 10.1. The molecule has 1 heterocycles. The van der Waals surface area contributed by atoms with Crippen molar-refractivity contribution in [1.29, 1.82) is 5.26 Å². The summed E-state index contributed by atoms with van der Waals surface area (Å²) in [5.41, 5.74) is 0.0391. The Hall–Kier alpha value is -2.52. The lowest BCUT2D eigenvalue weighted by Crippen LogP contribution is -2.31. The molecule has 2 rings (SSSR count). The van der Waals surface area contributed by atoms with E-state index in [4.69, 9.17) is 5.26 Å². The number of hydrogen-bond donors (Lipinski definition) is 0. The molecule has 0 radical (unpaired) electrons. The molecule has 21 heavy (non-hydrogen) atoms. The zero-order chi connectivity index (χ0) is 15.3. The normalized spacial score (nSPS) is 12.3. The van der Waals surface area contributed by atoms with E-state index in [-0.39, 0.29) is 10.6 Å². The fraction of sp³-hybridized carbons (Fsp3) is 0.133. The van der Waals surface area contributed by atoms with Gasteiger partial charge in [0.05, 0.1) is 17.4 Å². The van der Waals surface area contributed by atoms with E-state index >= 15 is 0 Å². The van der Waals surface area contributed by atoms with Gasteiger partial charge in [-0.25, -0.2) is 8.42 Å². The van der Waals surface area contributed by atoms with Crippen LogP contribution in [0.3, 0.4) is 0 Å². The van der Waals surface area contributed by atoms with Gasteiger partial charge >= 0.3 is 0 Å². The number of rotatable bonds is 5. The van der Waals surface area contributed by atoms with Crippen LogP contribution in [-0.2, 0) is 9.84 Å². The fourth-order valence-electron chi connectivity index (χ4n) is 1.87. The zero-order valence-corrected chi connectivity index (χ0v) is 11.8. The van der Waals surface area contributed by atoms with Crippen molar-refractivity contribution in [2.24, 2.45) is 0 Å². The van der Waals surface area contributed by atoms with Gasteiger partial charge in [-0.1, -0.05) is 24.3 Å². The Morgan fingerprint density at radius 3 is 2.38 bits per heavy atom. The summed E-state index contributed by atoms with van der Waals surface area (Å²) in [4.78, 5) is 16.3. The number of ketones is 1. The van der Waals surface area contributed by atoms with Crippen LogP contribution in [0.25, 0.3) is 0 Å². The Morgan fingerprint density at radius 2 is 1.81 bits per heavy atom. The maximum Gasteiger partial charge on any atom is 0.200 e. The second kappa shape index (κ2) is 6.29. The number of nitriles is 1. The monoisotopic (exact) mass is 300 g/mol. The number of Topliss-reactive ketones (excluding diaryl/α,β-unsaturated/α-hetero) is 1. The fourth-order valence-corrected chi connectivity index (χ4v) is 3.44. The predicted molar refractivity (Wildman–Crippen MR) is 76.2 cm³/mol. The number of carbonyl (C=O) groups is 1.